The molecule has 584 valence electrons. The Hall–Kier alpha value is -3.56. The number of carbonyl (C=O) groups excluding carboxylic acids is 4. The first kappa shape index (κ1) is 83.1. The topological polar surface area (TPSA) is 680 Å². The Kier molecular flexibility index (Phi) is 29.9. The van der Waals surface area contributed by atoms with E-state index in [2.05, 4.69) is 21.3 Å². The lowest BCUT2D eigenvalue weighted by Crippen LogP contribution is -2.71. The van der Waals surface area contributed by atoms with Gasteiger partial charge >= 0.3 is 0 Å². The first-order valence-corrected chi connectivity index (χ1v) is 32.4. The minimum absolute atomic E-state index is 0.610. The molecule has 8 saturated heterocycles. The van der Waals surface area contributed by atoms with Crippen molar-refractivity contribution in [1.29, 1.82) is 0 Å². The average Bonchev–Trinajstić information content (AvgIpc) is 0.773. The average molecular weight is 1480 g/mol. The van der Waals surface area contributed by atoms with Gasteiger partial charge in [0, 0.05) is 27.7 Å². The van der Waals surface area contributed by atoms with Gasteiger partial charge in [-0.3, -0.25) is 19.2 Å². The van der Waals surface area contributed by atoms with Crippen molar-refractivity contribution in [1.82, 2.24) is 21.3 Å². The van der Waals surface area contributed by atoms with E-state index in [1.807, 2.05) is 0 Å². The van der Waals surface area contributed by atoms with Crippen molar-refractivity contribution >= 4 is 23.6 Å². The SMILES string of the molecule is CC(=O)NC1C(O)[C@H](O)[C@H](CO)O[C@H]1OC1[C@@H](OCC2O[C@@H](O[C@@H]3C(CO)O[C@@H](O[C@@H]4C(CO)O[C@@H](C)C(NC(C)=O)[C@H]4O)C(NC(C)=O)[C@H]3O)C(O)[C@@H](O[C@H]3OC(CO)[C@@H](O)C(O)C3O[C@@H]3OC(CO)[C@@H](O[C@@H]4OC(CO)[C@H](O)[C@H](O)C4O)[C@H](O)C3NC(C)=O)[C@@H]2O)OC(CO)[C@@H](O)[C@@H]1O. The first-order valence-electron chi connectivity index (χ1n) is 32.4. The molecule has 8 rings (SSSR count). The molecule has 8 heterocycles. The Morgan fingerprint density at radius 2 is 0.554 bits per heavy atom. The molecule has 0 aliphatic carbocycles. The summed E-state index contributed by atoms with van der Waals surface area (Å²) < 4.78 is 89.4. The third-order valence-corrected chi connectivity index (χ3v) is 18.5. The molecule has 0 aromatic rings. The van der Waals surface area contributed by atoms with Gasteiger partial charge in [0.2, 0.25) is 23.6 Å². The summed E-state index contributed by atoms with van der Waals surface area (Å²) in [6.45, 7) is -2.66. The van der Waals surface area contributed by atoms with Crippen molar-refractivity contribution in [3.05, 3.63) is 0 Å². The van der Waals surface area contributed by atoms with Gasteiger partial charge in [0.1, 0.15) is 189 Å². The Morgan fingerprint density at radius 3 is 0.980 bits per heavy atom. The summed E-state index contributed by atoms with van der Waals surface area (Å²) in [5.74, 6) is -3.23. The van der Waals surface area contributed by atoms with Crippen LogP contribution in [0.15, 0.2) is 0 Å². The molecule has 101 heavy (non-hydrogen) atoms. The van der Waals surface area contributed by atoms with Gasteiger partial charge in [0.25, 0.3) is 0 Å². The van der Waals surface area contributed by atoms with Crippen LogP contribution >= 0.6 is 0 Å². The number of nitrogens with one attached hydrogen (secondary N) is 4. The van der Waals surface area contributed by atoms with E-state index in [-0.39, 0.29) is 0 Å². The maximum Gasteiger partial charge on any atom is 0.217 e. The van der Waals surface area contributed by atoms with Crippen LogP contribution in [0.5, 0.6) is 0 Å². The van der Waals surface area contributed by atoms with Crippen LogP contribution in [0.1, 0.15) is 34.6 Å². The molecule has 0 radical (unpaired) electrons. The van der Waals surface area contributed by atoms with Crippen LogP contribution in [-0.4, -0.2) is 429 Å². The molecule has 17 unspecified atom stereocenters. The van der Waals surface area contributed by atoms with Gasteiger partial charge in [0.05, 0.1) is 65.0 Å². The molecule has 44 nitrogen and oxygen atoms in total. The van der Waals surface area contributed by atoms with Crippen molar-refractivity contribution in [2.45, 2.75) is 280 Å². The van der Waals surface area contributed by atoms with Crippen LogP contribution in [0, 0.1) is 0 Å². The van der Waals surface area contributed by atoms with Gasteiger partial charge in [-0.05, 0) is 6.92 Å². The van der Waals surface area contributed by atoms with Crippen LogP contribution in [-0.2, 0) is 90.2 Å². The maximum absolute atomic E-state index is 12.9. The second-order valence-electron chi connectivity index (χ2n) is 25.7. The van der Waals surface area contributed by atoms with Crippen molar-refractivity contribution in [2.24, 2.45) is 0 Å². The Balaban J connectivity index is 1.14. The summed E-state index contributed by atoms with van der Waals surface area (Å²) in [7, 11) is 0. The number of aliphatic hydroxyl groups is 21. The fraction of sp³-hybridized carbons (Fsp3) is 0.930. The van der Waals surface area contributed by atoms with Crippen LogP contribution in [0.25, 0.3) is 0 Å². The van der Waals surface area contributed by atoms with Gasteiger partial charge in [0.15, 0.2) is 44.0 Å². The number of carbonyl (C=O) groups is 4. The number of ether oxygens (including phenoxy) is 15. The van der Waals surface area contributed by atoms with E-state index in [9.17, 15) is 126 Å². The predicted molar refractivity (Wildman–Crippen MR) is 314 cm³/mol. The molecule has 8 aliphatic heterocycles. The molecule has 4 amide bonds. The summed E-state index contributed by atoms with van der Waals surface area (Å²) >= 11 is 0. The second kappa shape index (κ2) is 36.4. The highest BCUT2D eigenvalue weighted by atomic mass is 16.8. The van der Waals surface area contributed by atoms with E-state index in [4.69, 9.17) is 71.1 Å². The number of hydrogen-bond donors (Lipinski definition) is 25. The van der Waals surface area contributed by atoms with Gasteiger partial charge in [-0.15, -0.1) is 0 Å². The highest BCUT2D eigenvalue weighted by Gasteiger charge is 2.60. The van der Waals surface area contributed by atoms with Crippen molar-refractivity contribution in [2.75, 3.05) is 52.9 Å². The van der Waals surface area contributed by atoms with Gasteiger partial charge in [-0.1, -0.05) is 0 Å². The molecule has 44 heteroatoms. The van der Waals surface area contributed by atoms with Gasteiger partial charge < -0.3 is 200 Å². The quantitative estimate of drug-likeness (QED) is 0.0382. The summed E-state index contributed by atoms with van der Waals surface area (Å²) in [5.41, 5.74) is 0. The second-order valence-corrected chi connectivity index (χ2v) is 25.7. The zero-order valence-corrected chi connectivity index (χ0v) is 54.9. The Bertz CT molecular complexity index is 2640. The molecule has 0 saturated carbocycles. The van der Waals surface area contributed by atoms with Crippen LogP contribution in [0.4, 0.5) is 0 Å². The summed E-state index contributed by atoms with van der Waals surface area (Å²) in [5, 5.41) is 242. The number of amides is 4. The van der Waals surface area contributed by atoms with E-state index < -0.39 is 322 Å². The number of rotatable bonds is 26. The summed E-state index contributed by atoms with van der Waals surface area (Å²) in [6, 6.07) is -6.61. The lowest BCUT2D eigenvalue weighted by Gasteiger charge is -2.51. The molecule has 0 aromatic carbocycles. The number of hydrogen-bond acceptors (Lipinski definition) is 40. The fourth-order valence-corrected chi connectivity index (χ4v) is 13.2. The third kappa shape index (κ3) is 18.5. The lowest BCUT2D eigenvalue weighted by atomic mass is 9.92. The van der Waals surface area contributed by atoms with E-state index in [1.165, 1.54) is 6.92 Å². The minimum atomic E-state index is -2.50. The molecule has 25 N–H and O–H groups in total. The van der Waals surface area contributed by atoms with Crippen LogP contribution in [0.3, 0.4) is 0 Å². The van der Waals surface area contributed by atoms with Crippen molar-refractivity contribution in [3.8, 4) is 0 Å². The molecule has 40 atom stereocenters. The normalized spacial score (nSPS) is 48.3. The van der Waals surface area contributed by atoms with Gasteiger partial charge in [-0.2, -0.15) is 0 Å². The largest absolute Gasteiger partial charge is 0.394 e. The highest BCUT2D eigenvalue weighted by Crippen LogP contribution is 2.39. The van der Waals surface area contributed by atoms with Crippen molar-refractivity contribution in [3.63, 3.8) is 0 Å². The summed E-state index contributed by atoms with van der Waals surface area (Å²) in [4.78, 5) is 50.4. The van der Waals surface area contributed by atoms with E-state index in [1.54, 1.807) is 0 Å². The monoisotopic (exact) mass is 1480 g/mol. The molecule has 0 aromatic heterocycles. The van der Waals surface area contributed by atoms with Crippen LogP contribution < -0.4 is 21.3 Å². The predicted octanol–water partition coefficient (Wildman–Crippen LogP) is -16.8. The maximum atomic E-state index is 12.9. The highest BCUT2D eigenvalue weighted by molar-refractivity contribution is 5.74. The fourth-order valence-electron chi connectivity index (χ4n) is 13.2. The van der Waals surface area contributed by atoms with E-state index in [0.29, 0.717) is 0 Å². The molecular formula is C57H96N4O40. The van der Waals surface area contributed by atoms with E-state index in [0.717, 1.165) is 27.7 Å². The first-order chi connectivity index (χ1) is 47.8. The Morgan fingerprint density at radius 1 is 0.267 bits per heavy atom. The minimum Gasteiger partial charge on any atom is -0.394 e. The zero-order valence-electron chi connectivity index (χ0n) is 54.9. The third-order valence-electron chi connectivity index (χ3n) is 18.5. The van der Waals surface area contributed by atoms with Crippen LogP contribution in [0.2, 0.25) is 0 Å². The lowest BCUT2D eigenvalue weighted by molar-refractivity contribution is -0.398. The zero-order chi connectivity index (χ0) is 74.5. The van der Waals surface area contributed by atoms with E-state index >= 15 is 0 Å². The molecular weight excluding hydrogens is 1380 g/mol. The number of aliphatic hydroxyl groups excluding tert-OH is 21. The van der Waals surface area contributed by atoms with Gasteiger partial charge in [-0.25, -0.2) is 0 Å². The summed E-state index contributed by atoms with van der Waals surface area (Å²) in [6.07, 6.45) is -71.3. The smallest absolute Gasteiger partial charge is 0.217 e. The molecule has 8 aliphatic rings. The van der Waals surface area contributed by atoms with Crippen molar-refractivity contribution < 1.29 is 197 Å². The molecule has 8 fully saturated rings. The molecule has 0 bridgehead atoms. The standard InChI is InChI=1S/C57H96N4O40/c1-14-27(58-15(2)69)37(79)45(23(10-66)88-14)96-52-29(60-17(4)71)38(80)47(25(12-68)93-52)98-55-44(86)48(35(77)26(95-55)13-87-56-49(41(83)33(75)21(8-64)91-56)100-51-28(59-16(3)70)36(78)31(73)19(6-62)89-51)99-57-50(42(84)34(76)22(9-65)92-57)101-53-30(61-18(5)72)39(81)46(24(11-67)94-53)97-54-43(85)40(82)32(74)20(7-63)90-54/h14,19-57,62-68,73-86H,6-13H2,1-5H3,(H,58,69)(H,59,70)(H,60,71)(H,61,72)/t14-,19-,20?,21?,22?,23?,24?,25?,26?,27?,28?,29?,30?,31+,32-,33+,34+,35+,36?,37+,38+,39+,40-,41-,42?,43?,44?,45+,46+,47+,48-,49?,50?,51-,52-,53-,54-,55-,56-,57+/m0/s1. The Labute approximate surface area is 573 Å². The molecule has 0 spiro atoms.